The van der Waals surface area contributed by atoms with Crippen molar-refractivity contribution in [3.8, 4) is 0 Å². The number of benzene rings is 1. The van der Waals surface area contributed by atoms with Crippen molar-refractivity contribution in [2.75, 3.05) is 0 Å². The predicted octanol–water partition coefficient (Wildman–Crippen LogP) is 1.90. The maximum absolute atomic E-state index is 5.53. The SMILES string of the molecule is NN[C@@H]1c2ccccc2CC[C@@H]1Br. The van der Waals surface area contributed by atoms with Crippen LogP contribution in [0.4, 0.5) is 0 Å². The van der Waals surface area contributed by atoms with Gasteiger partial charge in [0.25, 0.3) is 0 Å². The Morgan fingerprint density at radius 1 is 1.38 bits per heavy atom. The molecule has 0 amide bonds. The molecule has 0 heterocycles. The first-order valence-electron chi connectivity index (χ1n) is 4.51. The zero-order chi connectivity index (χ0) is 9.26. The molecular weight excluding hydrogens is 228 g/mol. The van der Waals surface area contributed by atoms with Crippen molar-refractivity contribution < 1.29 is 0 Å². The molecule has 2 atom stereocenters. The monoisotopic (exact) mass is 240 g/mol. The molecule has 0 fully saturated rings. The Kier molecular flexibility index (Phi) is 2.67. The minimum atomic E-state index is 0.255. The van der Waals surface area contributed by atoms with Gasteiger partial charge in [-0.2, -0.15) is 0 Å². The normalized spacial score (nSPS) is 26.9. The fraction of sp³-hybridized carbons (Fsp3) is 0.400. The maximum atomic E-state index is 5.53. The van der Waals surface area contributed by atoms with Crippen molar-refractivity contribution in [3.05, 3.63) is 35.4 Å². The van der Waals surface area contributed by atoms with Gasteiger partial charge in [0.2, 0.25) is 0 Å². The number of alkyl halides is 1. The summed E-state index contributed by atoms with van der Waals surface area (Å²) in [7, 11) is 0. The third-order valence-electron chi connectivity index (χ3n) is 2.62. The van der Waals surface area contributed by atoms with Crippen LogP contribution in [0, 0.1) is 0 Å². The molecule has 1 aliphatic carbocycles. The summed E-state index contributed by atoms with van der Waals surface area (Å²) in [6.45, 7) is 0. The summed E-state index contributed by atoms with van der Waals surface area (Å²) in [5, 5.41) is 0. The number of hydrogen-bond acceptors (Lipinski definition) is 2. The average Bonchev–Trinajstić information content (AvgIpc) is 2.18. The zero-order valence-corrected chi connectivity index (χ0v) is 8.92. The number of halogens is 1. The molecule has 0 saturated heterocycles. The molecule has 1 aromatic carbocycles. The van der Waals surface area contributed by atoms with E-state index in [0.717, 1.165) is 12.8 Å². The summed E-state index contributed by atoms with van der Waals surface area (Å²) in [4.78, 5) is 0.451. The molecule has 0 unspecified atom stereocenters. The molecule has 1 aliphatic rings. The van der Waals surface area contributed by atoms with Gasteiger partial charge in [-0.15, -0.1) is 0 Å². The van der Waals surface area contributed by atoms with Gasteiger partial charge in [0.1, 0.15) is 0 Å². The molecule has 0 bridgehead atoms. The molecule has 1 aromatic rings. The number of nitrogens with one attached hydrogen (secondary N) is 1. The number of hydrogen-bond donors (Lipinski definition) is 2. The molecule has 3 heteroatoms. The molecule has 2 rings (SSSR count). The highest BCUT2D eigenvalue weighted by molar-refractivity contribution is 9.09. The van der Waals surface area contributed by atoms with Gasteiger partial charge in [0.15, 0.2) is 0 Å². The number of rotatable bonds is 1. The summed E-state index contributed by atoms with van der Waals surface area (Å²) in [5.41, 5.74) is 5.61. The fourth-order valence-electron chi connectivity index (χ4n) is 1.91. The summed E-state index contributed by atoms with van der Waals surface area (Å²) in [5.74, 6) is 5.53. The lowest BCUT2D eigenvalue weighted by Crippen LogP contribution is -2.37. The van der Waals surface area contributed by atoms with Crippen LogP contribution in [0.5, 0.6) is 0 Å². The Balaban J connectivity index is 2.39. The van der Waals surface area contributed by atoms with Gasteiger partial charge in [0.05, 0.1) is 6.04 Å². The van der Waals surface area contributed by atoms with E-state index in [1.165, 1.54) is 11.1 Å². The van der Waals surface area contributed by atoms with E-state index in [0.29, 0.717) is 4.83 Å². The van der Waals surface area contributed by atoms with Crippen molar-refractivity contribution in [2.45, 2.75) is 23.7 Å². The molecule has 13 heavy (non-hydrogen) atoms. The quantitative estimate of drug-likeness (QED) is 0.447. The summed E-state index contributed by atoms with van der Waals surface area (Å²) < 4.78 is 0. The van der Waals surface area contributed by atoms with Crippen LogP contribution in [0.25, 0.3) is 0 Å². The minimum Gasteiger partial charge on any atom is -0.271 e. The largest absolute Gasteiger partial charge is 0.271 e. The minimum absolute atomic E-state index is 0.255. The van der Waals surface area contributed by atoms with Crippen LogP contribution < -0.4 is 11.3 Å². The first-order chi connectivity index (χ1) is 6.33. The maximum Gasteiger partial charge on any atom is 0.0587 e. The van der Waals surface area contributed by atoms with Crippen LogP contribution in [0.1, 0.15) is 23.6 Å². The van der Waals surface area contributed by atoms with Crippen molar-refractivity contribution in [2.24, 2.45) is 5.84 Å². The van der Waals surface area contributed by atoms with E-state index in [1.807, 2.05) is 0 Å². The molecule has 70 valence electrons. The highest BCUT2D eigenvalue weighted by Gasteiger charge is 2.25. The Hall–Kier alpha value is -0.380. The van der Waals surface area contributed by atoms with Crippen molar-refractivity contribution in [1.82, 2.24) is 5.43 Å². The average molecular weight is 241 g/mol. The van der Waals surface area contributed by atoms with E-state index >= 15 is 0 Å². The molecule has 0 aliphatic heterocycles. The topological polar surface area (TPSA) is 38.0 Å². The molecular formula is C10H13BrN2. The van der Waals surface area contributed by atoms with Gasteiger partial charge in [-0.1, -0.05) is 40.2 Å². The first-order valence-corrected chi connectivity index (χ1v) is 5.42. The second kappa shape index (κ2) is 3.78. The van der Waals surface area contributed by atoms with E-state index in [9.17, 15) is 0 Å². The van der Waals surface area contributed by atoms with Crippen molar-refractivity contribution in [3.63, 3.8) is 0 Å². The number of fused-ring (bicyclic) bond motifs is 1. The Bertz CT molecular complexity index is 301. The van der Waals surface area contributed by atoms with Crippen LogP contribution in [0.15, 0.2) is 24.3 Å². The van der Waals surface area contributed by atoms with Crippen LogP contribution >= 0.6 is 15.9 Å². The van der Waals surface area contributed by atoms with Crippen LogP contribution in [0.3, 0.4) is 0 Å². The third kappa shape index (κ3) is 1.64. The van der Waals surface area contributed by atoms with E-state index in [-0.39, 0.29) is 6.04 Å². The van der Waals surface area contributed by atoms with Crippen LogP contribution in [0.2, 0.25) is 0 Å². The second-order valence-corrected chi connectivity index (χ2v) is 4.57. The third-order valence-corrected chi connectivity index (χ3v) is 3.61. The van der Waals surface area contributed by atoms with Gasteiger partial charge in [-0.25, -0.2) is 0 Å². The van der Waals surface area contributed by atoms with E-state index < -0.39 is 0 Å². The van der Waals surface area contributed by atoms with Gasteiger partial charge < -0.3 is 0 Å². The van der Waals surface area contributed by atoms with Gasteiger partial charge in [0, 0.05) is 4.83 Å². The van der Waals surface area contributed by atoms with E-state index in [2.05, 4.69) is 45.6 Å². The molecule has 2 nitrogen and oxygen atoms in total. The summed E-state index contributed by atoms with van der Waals surface area (Å²) >= 11 is 3.64. The lowest BCUT2D eigenvalue weighted by Gasteiger charge is -2.29. The van der Waals surface area contributed by atoms with Gasteiger partial charge in [-0.05, 0) is 24.0 Å². The lowest BCUT2D eigenvalue weighted by molar-refractivity contribution is 0.490. The van der Waals surface area contributed by atoms with Crippen molar-refractivity contribution in [1.29, 1.82) is 0 Å². The number of aryl methyl sites for hydroxylation is 1. The molecule has 0 spiro atoms. The lowest BCUT2D eigenvalue weighted by atomic mass is 9.88. The number of nitrogens with two attached hydrogens (primary N) is 1. The Labute approximate surface area is 86.6 Å². The van der Waals surface area contributed by atoms with E-state index in [4.69, 9.17) is 5.84 Å². The van der Waals surface area contributed by atoms with Crippen molar-refractivity contribution >= 4 is 15.9 Å². The first kappa shape index (κ1) is 9.19. The Morgan fingerprint density at radius 3 is 2.92 bits per heavy atom. The highest BCUT2D eigenvalue weighted by atomic mass is 79.9. The second-order valence-electron chi connectivity index (χ2n) is 3.40. The fourth-order valence-corrected chi connectivity index (χ4v) is 2.58. The highest BCUT2D eigenvalue weighted by Crippen LogP contribution is 2.33. The molecule has 3 N–H and O–H groups in total. The predicted molar refractivity (Wildman–Crippen MR) is 57.5 cm³/mol. The Morgan fingerprint density at radius 2 is 2.15 bits per heavy atom. The molecule has 0 saturated carbocycles. The zero-order valence-electron chi connectivity index (χ0n) is 7.33. The molecule has 0 aromatic heterocycles. The van der Waals surface area contributed by atoms with Gasteiger partial charge >= 0.3 is 0 Å². The number of hydrazine groups is 1. The van der Waals surface area contributed by atoms with Crippen LogP contribution in [-0.2, 0) is 6.42 Å². The van der Waals surface area contributed by atoms with Crippen LogP contribution in [-0.4, -0.2) is 4.83 Å². The standard InChI is InChI=1S/C10H13BrN2/c11-9-6-5-7-3-1-2-4-8(7)10(9)13-12/h1-4,9-10,13H,5-6,12H2/t9-,10+/m0/s1. The van der Waals surface area contributed by atoms with Gasteiger partial charge in [-0.3, -0.25) is 11.3 Å². The summed E-state index contributed by atoms with van der Waals surface area (Å²) in [6.07, 6.45) is 2.29. The van der Waals surface area contributed by atoms with E-state index in [1.54, 1.807) is 0 Å². The smallest absolute Gasteiger partial charge is 0.0587 e. The molecule has 0 radical (unpaired) electrons. The summed E-state index contributed by atoms with van der Waals surface area (Å²) in [6, 6.07) is 8.73.